The quantitative estimate of drug-likeness (QED) is 0.847. The summed E-state index contributed by atoms with van der Waals surface area (Å²) in [6, 6.07) is 5.56. The molecule has 0 saturated carbocycles. The number of para-hydroxylation sites is 1. The fourth-order valence-corrected chi connectivity index (χ4v) is 5.62. The number of carbonyl (C=O) groups is 1. The highest BCUT2D eigenvalue weighted by molar-refractivity contribution is 5.78. The summed E-state index contributed by atoms with van der Waals surface area (Å²) in [5.41, 5.74) is 0.629. The van der Waals surface area contributed by atoms with Crippen molar-refractivity contribution in [3.63, 3.8) is 0 Å². The van der Waals surface area contributed by atoms with Crippen LogP contribution in [-0.2, 0) is 9.53 Å². The Morgan fingerprint density at radius 1 is 1.14 bits per heavy atom. The van der Waals surface area contributed by atoms with Crippen LogP contribution in [0.1, 0.15) is 50.2 Å². The third kappa shape index (κ3) is 3.07. The molecule has 4 aliphatic heterocycles. The minimum atomic E-state index is -0.346. The Morgan fingerprint density at radius 3 is 2.71 bits per heavy atom. The first-order valence-corrected chi connectivity index (χ1v) is 10.8. The van der Waals surface area contributed by atoms with E-state index in [4.69, 9.17) is 9.47 Å². The van der Waals surface area contributed by atoms with Gasteiger partial charge in [0.15, 0.2) is 11.5 Å². The summed E-state index contributed by atoms with van der Waals surface area (Å²) in [6.07, 6.45) is 6.11. The van der Waals surface area contributed by atoms with Crippen LogP contribution in [0.25, 0.3) is 0 Å². The summed E-state index contributed by atoms with van der Waals surface area (Å²) in [5, 5.41) is 10.4. The Kier molecular flexibility index (Phi) is 4.71. The molecule has 1 amide bonds. The van der Waals surface area contributed by atoms with E-state index in [1.54, 1.807) is 6.07 Å². The minimum absolute atomic E-state index is 0.0172. The van der Waals surface area contributed by atoms with Gasteiger partial charge in [0.05, 0.1) is 12.6 Å². The molecule has 0 aromatic heterocycles. The standard InChI is InChI=1S/C22H30N2O4/c25-18-7-3-5-16-20-17(6-4-14-27-20)22(28-21(16)18)8-12-24(13-9-22)19(26)15-23-10-1-2-11-23/h3,5,7,17,20,25H,1-2,4,6,8-15H2/t17-,20+/m0/s1. The lowest BCUT2D eigenvalue weighted by molar-refractivity contribution is -0.157. The number of phenols is 1. The van der Waals surface area contributed by atoms with E-state index in [1.165, 1.54) is 12.8 Å². The van der Waals surface area contributed by atoms with Crippen molar-refractivity contribution in [1.29, 1.82) is 0 Å². The van der Waals surface area contributed by atoms with Crippen molar-refractivity contribution in [3.8, 4) is 11.5 Å². The van der Waals surface area contributed by atoms with Gasteiger partial charge in [-0.15, -0.1) is 0 Å². The Labute approximate surface area is 166 Å². The zero-order chi connectivity index (χ0) is 19.1. The number of carbonyl (C=O) groups excluding carboxylic acids is 1. The molecular weight excluding hydrogens is 356 g/mol. The molecule has 28 heavy (non-hydrogen) atoms. The largest absolute Gasteiger partial charge is 0.504 e. The second kappa shape index (κ2) is 7.23. The molecule has 0 aliphatic carbocycles. The molecule has 2 atom stereocenters. The fourth-order valence-electron chi connectivity index (χ4n) is 5.62. The first-order chi connectivity index (χ1) is 13.7. The van der Waals surface area contributed by atoms with Crippen LogP contribution in [0, 0.1) is 5.92 Å². The van der Waals surface area contributed by atoms with Crippen molar-refractivity contribution in [2.45, 2.75) is 50.2 Å². The van der Waals surface area contributed by atoms with E-state index in [0.717, 1.165) is 64.0 Å². The molecule has 0 unspecified atom stereocenters. The van der Waals surface area contributed by atoms with Gasteiger partial charge in [0.2, 0.25) is 5.91 Å². The minimum Gasteiger partial charge on any atom is -0.504 e. The van der Waals surface area contributed by atoms with Crippen molar-refractivity contribution in [1.82, 2.24) is 9.80 Å². The topological polar surface area (TPSA) is 62.2 Å². The zero-order valence-electron chi connectivity index (χ0n) is 16.4. The molecule has 0 bridgehead atoms. The van der Waals surface area contributed by atoms with Gasteiger partial charge in [-0.05, 0) is 44.8 Å². The number of amides is 1. The normalized spacial score (nSPS) is 29.2. The summed E-state index contributed by atoms with van der Waals surface area (Å²) >= 11 is 0. The molecule has 152 valence electrons. The van der Waals surface area contributed by atoms with Crippen molar-refractivity contribution in [2.24, 2.45) is 5.92 Å². The maximum atomic E-state index is 12.7. The van der Waals surface area contributed by atoms with Crippen molar-refractivity contribution in [3.05, 3.63) is 23.8 Å². The number of likely N-dealkylation sites (tertiary alicyclic amines) is 2. The number of rotatable bonds is 2. The molecule has 4 heterocycles. The summed E-state index contributed by atoms with van der Waals surface area (Å²) < 4.78 is 12.7. The second-order valence-corrected chi connectivity index (χ2v) is 8.77. The average molecular weight is 386 g/mol. The highest BCUT2D eigenvalue weighted by Gasteiger charge is 2.53. The summed E-state index contributed by atoms with van der Waals surface area (Å²) in [5.74, 6) is 1.30. The molecule has 3 fully saturated rings. The van der Waals surface area contributed by atoms with Gasteiger partial charge in [0, 0.05) is 44.0 Å². The van der Waals surface area contributed by atoms with Gasteiger partial charge >= 0.3 is 0 Å². The van der Waals surface area contributed by atoms with Gasteiger partial charge < -0.3 is 19.5 Å². The van der Waals surface area contributed by atoms with Crippen LogP contribution in [-0.4, -0.2) is 65.7 Å². The second-order valence-electron chi connectivity index (χ2n) is 8.77. The van der Waals surface area contributed by atoms with E-state index in [0.29, 0.717) is 12.3 Å². The number of piperidine rings is 1. The molecule has 5 rings (SSSR count). The highest BCUT2D eigenvalue weighted by atomic mass is 16.5. The first kappa shape index (κ1) is 18.3. The number of hydrogen-bond acceptors (Lipinski definition) is 5. The van der Waals surface area contributed by atoms with Crippen LogP contribution in [0.15, 0.2) is 18.2 Å². The van der Waals surface area contributed by atoms with Gasteiger partial charge in [-0.1, -0.05) is 12.1 Å². The number of aromatic hydroxyl groups is 1. The van der Waals surface area contributed by atoms with Crippen LogP contribution >= 0.6 is 0 Å². The molecule has 1 aromatic rings. The maximum absolute atomic E-state index is 12.7. The molecule has 4 aliphatic rings. The van der Waals surface area contributed by atoms with Gasteiger partial charge in [-0.25, -0.2) is 0 Å². The number of phenolic OH excluding ortho intramolecular Hbond substituents is 1. The van der Waals surface area contributed by atoms with Gasteiger partial charge in [0.25, 0.3) is 0 Å². The third-order valence-corrected chi connectivity index (χ3v) is 7.15. The fraction of sp³-hybridized carbons (Fsp3) is 0.682. The molecule has 0 radical (unpaired) electrons. The highest BCUT2D eigenvalue weighted by Crippen LogP contribution is 2.55. The molecule has 6 nitrogen and oxygen atoms in total. The summed E-state index contributed by atoms with van der Waals surface area (Å²) in [7, 11) is 0. The lowest BCUT2D eigenvalue weighted by atomic mass is 9.70. The molecule has 6 heteroatoms. The van der Waals surface area contributed by atoms with Crippen LogP contribution in [0.5, 0.6) is 11.5 Å². The van der Waals surface area contributed by atoms with E-state index in [1.807, 2.05) is 17.0 Å². The molecular formula is C22H30N2O4. The first-order valence-electron chi connectivity index (χ1n) is 10.8. The predicted octanol–water partition coefficient (Wildman–Crippen LogP) is 2.71. The van der Waals surface area contributed by atoms with Gasteiger partial charge in [-0.2, -0.15) is 0 Å². The Morgan fingerprint density at radius 2 is 1.93 bits per heavy atom. The predicted molar refractivity (Wildman–Crippen MR) is 104 cm³/mol. The lowest BCUT2D eigenvalue weighted by Gasteiger charge is -2.53. The van der Waals surface area contributed by atoms with Crippen LogP contribution in [0.2, 0.25) is 0 Å². The van der Waals surface area contributed by atoms with Crippen LogP contribution in [0.4, 0.5) is 0 Å². The van der Waals surface area contributed by atoms with E-state index in [2.05, 4.69) is 4.90 Å². The van der Waals surface area contributed by atoms with Crippen molar-refractivity contribution >= 4 is 5.91 Å². The van der Waals surface area contributed by atoms with Crippen molar-refractivity contribution < 1.29 is 19.4 Å². The zero-order valence-corrected chi connectivity index (χ0v) is 16.4. The number of nitrogens with zero attached hydrogens (tertiary/aromatic N) is 2. The Balaban J connectivity index is 1.34. The number of ether oxygens (including phenoxy) is 2. The third-order valence-electron chi connectivity index (χ3n) is 7.15. The Bertz CT molecular complexity index is 738. The molecule has 1 spiro atoms. The SMILES string of the molecule is O=C(CN1CCCC1)N1CCC2(CC1)Oc1c(O)cccc1[C@H]1OCCC[C@@H]12. The average Bonchev–Trinajstić information content (AvgIpc) is 3.23. The van der Waals surface area contributed by atoms with E-state index >= 15 is 0 Å². The van der Waals surface area contributed by atoms with E-state index in [-0.39, 0.29) is 29.3 Å². The molecule has 1 aromatic carbocycles. The lowest BCUT2D eigenvalue weighted by Crippen LogP contribution is -2.58. The van der Waals surface area contributed by atoms with Crippen LogP contribution < -0.4 is 4.74 Å². The smallest absolute Gasteiger partial charge is 0.236 e. The monoisotopic (exact) mass is 386 g/mol. The number of fused-ring (bicyclic) bond motifs is 4. The van der Waals surface area contributed by atoms with E-state index in [9.17, 15) is 9.90 Å². The van der Waals surface area contributed by atoms with Gasteiger partial charge in [0.1, 0.15) is 5.60 Å². The van der Waals surface area contributed by atoms with Crippen molar-refractivity contribution in [2.75, 3.05) is 39.3 Å². The molecule has 1 N–H and O–H groups in total. The number of hydrogen-bond donors (Lipinski definition) is 1. The summed E-state index contributed by atoms with van der Waals surface area (Å²) in [6.45, 7) is 4.84. The van der Waals surface area contributed by atoms with Crippen LogP contribution in [0.3, 0.4) is 0 Å². The number of benzene rings is 1. The van der Waals surface area contributed by atoms with E-state index < -0.39 is 0 Å². The molecule has 3 saturated heterocycles. The van der Waals surface area contributed by atoms with Gasteiger partial charge in [-0.3, -0.25) is 9.69 Å². The maximum Gasteiger partial charge on any atom is 0.236 e. The Hall–Kier alpha value is -1.79. The summed E-state index contributed by atoms with van der Waals surface area (Å²) in [4.78, 5) is 17.0.